The number of aromatic nitrogens is 1. The van der Waals surface area contributed by atoms with Crippen molar-refractivity contribution in [3.63, 3.8) is 0 Å². The highest BCUT2D eigenvalue weighted by Crippen LogP contribution is 2.04. The number of aliphatic hydroxyl groups is 1. The Labute approximate surface area is 91.1 Å². The van der Waals surface area contributed by atoms with E-state index in [9.17, 15) is 5.11 Å². The number of hydrogen-bond donors (Lipinski definition) is 1. The smallest absolute Gasteiger partial charge is 0.0617 e. The van der Waals surface area contributed by atoms with Crippen molar-refractivity contribution in [2.24, 2.45) is 0 Å². The second-order valence-electron chi connectivity index (χ2n) is 3.67. The van der Waals surface area contributed by atoms with Crippen LogP contribution in [0.1, 0.15) is 24.6 Å². The molecule has 0 aromatic carbocycles. The van der Waals surface area contributed by atoms with E-state index < -0.39 is 0 Å². The van der Waals surface area contributed by atoms with Crippen LogP contribution in [0.15, 0.2) is 18.3 Å². The third kappa shape index (κ3) is 4.91. The van der Waals surface area contributed by atoms with Crippen LogP contribution in [0.3, 0.4) is 0 Å². The second kappa shape index (κ2) is 6.53. The van der Waals surface area contributed by atoms with Gasteiger partial charge in [0.2, 0.25) is 0 Å². The van der Waals surface area contributed by atoms with Crippen LogP contribution in [-0.4, -0.2) is 29.4 Å². The molecule has 0 bridgehead atoms. The van der Waals surface area contributed by atoms with Crippen molar-refractivity contribution in [1.82, 2.24) is 4.98 Å². The quantitative estimate of drug-likeness (QED) is 0.725. The van der Waals surface area contributed by atoms with Crippen molar-refractivity contribution < 1.29 is 9.84 Å². The van der Waals surface area contributed by atoms with E-state index in [2.05, 4.69) is 4.98 Å². The lowest BCUT2D eigenvalue weighted by atomic mass is 10.1. The maximum absolute atomic E-state index is 9.68. The first-order valence-corrected chi connectivity index (χ1v) is 5.39. The number of ether oxygens (including phenoxy) is 1. The average molecular weight is 209 g/mol. The van der Waals surface area contributed by atoms with Crippen LogP contribution >= 0.6 is 0 Å². The summed E-state index contributed by atoms with van der Waals surface area (Å²) in [5.41, 5.74) is 2.08. The van der Waals surface area contributed by atoms with Crippen molar-refractivity contribution in [3.05, 3.63) is 29.6 Å². The first-order chi connectivity index (χ1) is 7.22. The normalized spacial score (nSPS) is 12.7. The van der Waals surface area contributed by atoms with Crippen LogP contribution in [0.2, 0.25) is 0 Å². The number of rotatable bonds is 6. The van der Waals surface area contributed by atoms with Crippen LogP contribution in [0.5, 0.6) is 0 Å². The van der Waals surface area contributed by atoms with Gasteiger partial charge in [-0.2, -0.15) is 0 Å². The fourth-order valence-corrected chi connectivity index (χ4v) is 1.33. The van der Waals surface area contributed by atoms with Crippen LogP contribution in [-0.2, 0) is 11.2 Å². The number of pyridine rings is 1. The SMILES string of the molecule is CCOCCC(O)Cc1ccc(C)cn1. The van der Waals surface area contributed by atoms with Gasteiger partial charge in [0.25, 0.3) is 0 Å². The molecule has 0 aliphatic carbocycles. The Morgan fingerprint density at radius 2 is 2.27 bits per heavy atom. The molecule has 0 saturated carbocycles. The van der Waals surface area contributed by atoms with Crippen molar-refractivity contribution in [1.29, 1.82) is 0 Å². The average Bonchev–Trinajstić information content (AvgIpc) is 2.22. The fourth-order valence-electron chi connectivity index (χ4n) is 1.33. The van der Waals surface area contributed by atoms with Crippen molar-refractivity contribution in [2.75, 3.05) is 13.2 Å². The minimum atomic E-state index is -0.355. The maximum atomic E-state index is 9.68. The molecule has 3 heteroatoms. The van der Waals surface area contributed by atoms with Crippen LogP contribution in [0.25, 0.3) is 0 Å². The lowest BCUT2D eigenvalue weighted by Crippen LogP contribution is -2.14. The molecule has 15 heavy (non-hydrogen) atoms. The van der Waals surface area contributed by atoms with Gasteiger partial charge >= 0.3 is 0 Å². The molecule has 84 valence electrons. The molecular weight excluding hydrogens is 190 g/mol. The highest BCUT2D eigenvalue weighted by molar-refractivity contribution is 5.12. The molecule has 0 radical (unpaired) electrons. The molecule has 0 aliphatic heterocycles. The second-order valence-corrected chi connectivity index (χ2v) is 3.67. The van der Waals surface area contributed by atoms with Crippen LogP contribution in [0.4, 0.5) is 0 Å². The summed E-state index contributed by atoms with van der Waals surface area (Å²) in [5, 5.41) is 9.68. The zero-order valence-electron chi connectivity index (χ0n) is 9.44. The molecule has 1 atom stereocenters. The van der Waals surface area contributed by atoms with Gasteiger partial charge in [0.15, 0.2) is 0 Å². The number of nitrogens with zero attached hydrogens (tertiary/aromatic N) is 1. The Kier molecular flexibility index (Phi) is 5.29. The van der Waals surface area contributed by atoms with Crippen molar-refractivity contribution in [2.45, 2.75) is 32.8 Å². The molecule has 0 fully saturated rings. The highest BCUT2D eigenvalue weighted by atomic mass is 16.5. The van der Waals surface area contributed by atoms with Crippen LogP contribution in [0, 0.1) is 6.92 Å². The van der Waals surface area contributed by atoms with E-state index >= 15 is 0 Å². The minimum Gasteiger partial charge on any atom is -0.393 e. The summed E-state index contributed by atoms with van der Waals surface area (Å²) in [6, 6.07) is 3.97. The largest absolute Gasteiger partial charge is 0.393 e. The standard InChI is InChI=1S/C12H19NO2/c1-3-15-7-6-12(14)8-11-5-4-10(2)9-13-11/h4-5,9,12,14H,3,6-8H2,1-2H3. The Hall–Kier alpha value is -0.930. The van der Waals surface area contributed by atoms with Gasteiger partial charge < -0.3 is 9.84 Å². The highest BCUT2D eigenvalue weighted by Gasteiger charge is 2.05. The molecule has 1 aromatic rings. The van der Waals surface area contributed by atoms with Gasteiger partial charge in [0, 0.05) is 31.5 Å². The van der Waals surface area contributed by atoms with E-state index in [4.69, 9.17) is 4.74 Å². The summed E-state index contributed by atoms with van der Waals surface area (Å²) in [7, 11) is 0. The summed E-state index contributed by atoms with van der Waals surface area (Å²) in [6.07, 6.45) is 2.74. The van der Waals surface area contributed by atoms with Gasteiger partial charge in [-0.1, -0.05) is 6.07 Å². The molecule has 0 amide bonds. The van der Waals surface area contributed by atoms with E-state index in [1.165, 1.54) is 0 Å². The molecule has 3 nitrogen and oxygen atoms in total. The third-order valence-electron chi connectivity index (χ3n) is 2.22. The van der Waals surface area contributed by atoms with Crippen LogP contribution < -0.4 is 0 Å². The number of aryl methyl sites for hydroxylation is 1. The zero-order valence-corrected chi connectivity index (χ0v) is 9.44. The molecule has 1 unspecified atom stereocenters. The predicted molar refractivity (Wildman–Crippen MR) is 59.8 cm³/mol. The number of hydrogen-bond acceptors (Lipinski definition) is 3. The Bertz CT molecular complexity index is 271. The minimum absolute atomic E-state index is 0.355. The molecule has 0 aliphatic rings. The van der Waals surface area contributed by atoms with Gasteiger partial charge in [-0.25, -0.2) is 0 Å². The fraction of sp³-hybridized carbons (Fsp3) is 0.583. The Morgan fingerprint density at radius 3 is 2.87 bits per heavy atom. The molecule has 1 rings (SSSR count). The topological polar surface area (TPSA) is 42.4 Å². The van der Waals surface area contributed by atoms with E-state index in [0.29, 0.717) is 26.1 Å². The van der Waals surface area contributed by atoms with Gasteiger partial charge in [0.05, 0.1) is 6.10 Å². The summed E-state index contributed by atoms with van der Waals surface area (Å²) in [5.74, 6) is 0. The lowest BCUT2D eigenvalue weighted by Gasteiger charge is -2.09. The summed E-state index contributed by atoms with van der Waals surface area (Å²) in [4.78, 5) is 4.25. The molecule has 1 aromatic heterocycles. The molecular formula is C12H19NO2. The molecule has 1 N–H and O–H groups in total. The van der Waals surface area contributed by atoms with Gasteiger partial charge in [-0.15, -0.1) is 0 Å². The van der Waals surface area contributed by atoms with Gasteiger partial charge in [0.1, 0.15) is 0 Å². The summed E-state index contributed by atoms with van der Waals surface area (Å²) in [6.45, 7) is 5.27. The zero-order chi connectivity index (χ0) is 11.1. The third-order valence-corrected chi connectivity index (χ3v) is 2.22. The van der Waals surface area contributed by atoms with E-state index in [1.807, 2.05) is 32.2 Å². The Balaban J connectivity index is 2.31. The van der Waals surface area contributed by atoms with E-state index in [0.717, 1.165) is 11.3 Å². The Morgan fingerprint density at radius 1 is 1.47 bits per heavy atom. The summed E-state index contributed by atoms with van der Waals surface area (Å²) >= 11 is 0. The molecule has 0 saturated heterocycles. The maximum Gasteiger partial charge on any atom is 0.0617 e. The van der Waals surface area contributed by atoms with Gasteiger partial charge in [-0.3, -0.25) is 4.98 Å². The predicted octanol–water partition coefficient (Wildman–Crippen LogP) is 1.72. The van der Waals surface area contributed by atoms with E-state index in [1.54, 1.807) is 0 Å². The number of aliphatic hydroxyl groups excluding tert-OH is 1. The molecule has 0 spiro atoms. The van der Waals surface area contributed by atoms with Crippen molar-refractivity contribution in [3.8, 4) is 0 Å². The summed E-state index contributed by atoms with van der Waals surface area (Å²) < 4.78 is 5.18. The van der Waals surface area contributed by atoms with Crippen molar-refractivity contribution >= 4 is 0 Å². The molecule has 1 heterocycles. The van der Waals surface area contributed by atoms with Gasteiger partial charge in [-0.05, 0) is 31.9 Å². The first kappa shape index (κ1) is 12.1. The monoisotopic (exact) mass is 209 g/mol. The van der Waals surface area contributed by atoms with E-state index in [-0.39, 0.29) is 6.10 Å². The lowest BCUT2D eigenvalue weighted by molar-refractivity contribution is 0.0883. The first-order valence-electron chi connectivity index (χ1n) is 5.39.